The zero-order valence-corrected chi connectivity index (χ0v) is 12.5. The number of amides is 1. The van der Waals surface area contributed by atoms with E-state index < -0.39 is 0 Å². The molecule has 7 heteroatoms. The Balaban J connectivity index is 1.39. The molecule has 1 N–H and O–H groups in total. The second-order valence-electron chi connectivity index (χ2n) is 6.12. The van der Waals surface area contributed by atoms with Crippen molar-refractivity contribution in [1.82, 2.24) is 20.1 Å². The Labute approximate surface area is 128 Å². The number of aromatic nitrogens is 3. The van der Waals surface area contributed by atoms with Crippen LogP contribution in [0.15, 0.2) is 23.2 Å². The quantitative estimate of drug-likeness (QED) is 0.921. The van der Waals surface area contributed by atoms with Crippen LogP contribution in [-0.2, 0) is 7.05 Å². The second-order valence-corrected chi connectivity index (χ2v) is 6.12. The molecular weight excluding hydrogens is 282 g/mol. The molecule has 7 nitrogen and oxygen atoms in total. The lowest BCUT2D eigenvalue weighted by molar-refractivity contribution is 0.0911. The third kappa shape index (κ3) is 2.47. The molecule has 0 aromatic carbocycles. The van der Waals surface area contributed by atoms with Gasteiger partial charge in [0.25, 0.3) is 5.91 Å². The van der Waals surface area contributed by atoms with Crippen molar-refractivity contribution in [3.63, 3.8) is 0 Å². The third-order valence-corrected chi connectivity index (χ3v) is 4.35. The van der Waals surface area contributed by atoms with E-state index in [9.17, 15) is 4.79 Å². The summed E-state index contributed by atoms with van der Waals surface area (Å²) in [6, 6.07) is 0.129. The summed E-state index contributed by atoms with van der Waals surface area (Å²) in [7, 11) is 1.90. The van der Waals surface area contributed by atoms with Gasteiger partial charge in [-0.2, -0.15) is 5.10 Å². The van der Waals surface area contributed by atoms with Gasteiger partial charge in [-0.05, 0) is 19.3 Å². The summed E-state index contributed by atoms with van der Waals surface area (Å²) in [5.74, 6) is 0.662. The van der Waals surface area contributed by atoms with Crippen molar-refractivity contribution < 1.29 is 9.21 Å². The van der Waals surface area contributed by atoms with Crippen molar-refractivity contribution in [3.05, 3.63) is 30.2 Å². The molecular formula is C15H19N5O2. The standard InChI is InChI=1S/C15H19N5O2/c1-19-8-12(6-17-19)20-5-4-11(7-20)18-15(21)14-13(10-2-3-10)16-9-22-14/h6,8-11H,2-5,7H2,1H3,(H,18,21). The molecule has 1 saturated heterocycles. The maximum Gasteiger partial charge on any atom is 0.289 e. The molecule has 0 bridgehead atoms. The predicted octanol–water partition coefficient (Wildman–Crippen LogP) is 1.29. The fraction of sp³-hybridized carbons (Fsp3) is 0.533. The summed E-state index contributed by atoms with van der Waals surface area (Å²) in [5.41, 5.74) is 1.91. The van der Waals surface area contributed by atoms with Crippen molar-refractivity contribution >= 4 is 11.6 Å². The molecule has 1 atom stereocenters. The van der Waals surface area contributed by atoms with Crippen LogP contribution >= 0.6 is 0 Å². The van der Waals surface area contributed by atoms with Gasteiger partial charge < -0.3 is 14.6 Å². The van der Waals surface area contributed by atoms with Gasteiger partial charge in [-0.25, -0.2) is 4.98 Å². The molecule has 1 amide bonds. The van der Waals surface area contributed by atoms with Crippen molar-refractivity contribution in [3.8, 4) is 0 Å². The molecule has 22 heavy (non-hydrogen) atoms. The molecule has 2 fully saturated rings. The number of aryl methyl sites for hydroxylation is 1. The molecule has 116 valence electrons. The number of hydrogen-bond donors (Lipinski definition) is 1. The maximum absolute atomic E-state index is 12.4. The van der Waals surface area contributed by atoms with Crippen LogP contribution in [0.1, 0.15) is 41.4 Å². The number of nitrogens with zero attached hydrogens (tertiary/aromatic N) is 4. The van der Waals surface area contributed by atoms with E-state index >= 15 is 0 Å². The van der Waals surface area contributed by atoms with Crippen LogP contribution in [0.2, 0.25) is 0 Å². The minimum atomic E-state index is -0.141. The zero-order valence-electron chi connectivity index (χ0n) is 12.5. The van der Waals surface area contributed by atoms with Crippen molar-refractivity contribution in [2.45, 2.75) is 31.2 Å². The Kier molecular flexibility index (Phi) is 3.13. The summed E-state index contributed by atoms with van der Waals surface area (Å²) in [6.07, 6.45) is 8.35. The lowest BCUT2D eigenvalue weighted by atomic mass is 10.2. The molecule has 2 aromatic heterocycles. The fourth-order valence-corrected chi connectivity index (χ4v) is 3.01. The highest BCUT2D eigenvalue weighted by molar-refractivity contribution is 5.93. The van der Waals surface area contributed by atoms with E-state index in [1.807, 2.05) is 19.4 Å². The van der Waals surface area contributed by atoms with E-state index in [1.165, 1.54) is 6.39 Å². The second kappa shape index (κ2) is 5.15. The van der Waals surface area contributed by atoms with E-state index in [1.54, 1.807) is 4.68 Å². The van der Waals surface area contributed by atoms with E-state index in [-0.39, 0.29) is 11.9 Å². The third-order valence-electron chi connectivity index (χ3n) is 4.35. The van der Waals surface area contributed by atoms with Gasteiger partial charge in [0.1, 0.15) is 0 Å². The normalized spacial score (nSPS) is 21.3. The van der Waals surface area contributed by atoms with Gasteiger partial charge in [-0.1, -0.05) is 0 Å². The van der Waals surface area contributed by atoms with E-state index in [0.717, 1.165) is 43.7 Å². The molecule has 3 heterocycles. The highest BCUT2D eigenvalue weighted by atomic mass is 16.3. The molecule has 1 unspecified atom stereocenters. The fourth-order valence-electron chi connectivity index (χ4n) is 3.01. The first-order valence-corrected chi connectivity index (χ1v) is 7.68. The zero-order chi connectivity index (χ0) is 15.1. The number of rotatable bonds is 4. The van der Waals surface area contributed by atoms with Crippen molar-refractivity contribution in [2.24, 2.45) is 7.05 Å². The Hall–Kier alpha value is -2.31. The first-order chi connectivity index (χ1) is 10.7. The van der Waals surface area contributed by atoms with Crippen LogP contribution in [0.5, 0.6) is 0 Å². The largest absolute Gasteiger partial charge is 0.438 e. The minimum Gasteiger partial charge on any atom is -0.438 e. The van der Waals surface area contributed by atoms with Crippen molar-refractivity contribution in [1.29, 1.82) is 0 Å². The SMILES string of the molecule is Cn1cc(N2CCC(NC(=O)c3ocnc3C3CC3)C2)cn1. The van der Waals surface area contributed by atoms with Gasteiger partial charge in [0.15, 0.2) is 6.39 Å². The summed E-state index contributed by atoms with van der Waals surface area (Å²) >= 11 is 0. The van der Waals surface area contributed by atoms with Gasteiger partial charge in [0.05, 0.1) is 17.6 Å². The van der Waals surface area contributed by atoms with E-state index in [0.29, 0.717) is 11.7 Å². The molecule has 2 aliphatic rings. The van der Waals surface area contributed by atoms with Crippen LogP contribution in [0.25, 0.3) is 0 Å². The minimum absolute atomic E-state index is 0.129. The van der Waals surface area contributed by atoms with Gasteiger partial charge in [0, 0.05) is 38.3 Å². The van der Waals surface area contributed by atoms with Crippen LogP contribution in [-0.4, -0.2) is 39.8 Å². The molecule has 0 radical (unpaired) electrons. The van der Waals surface area contributed by atoms with Crippen LogP contribution < -0.4 is 10.2 Å². The predicted molar refractivity (Wildman–Crippen MR) is 79.8 cm³/mol. The van der Waals surface area contributed by atoms with Crippen LogP contribution in [0, 0.1) is 0 Å². The average Bonchev–Trinajstić information content (AvgIpc) is 2.94. The monoisotopic (exact) mass is 301 g/mol. The molecule has 1 aliphatic carbocycles. The Bertz CT molecular complexity index is 688. The van der Waals surface area contributed by atoms with Crippen LogP contribution in [0.4, 0.5) is 5.69 Å². The molecule has 0 spiro atoms. The molecule has 1 aliphatic heterocycles. The number of oxazole rings is 1. The first-order valence-electron chi connectivity index (χ1n) is 7.68. The Morgan fingerprint density at radius 1 is 1.41 bits per heavy atom. The summed E-state index contributed by atoms with van der Waals surface area (Å²) in [5, 5.41) is 7.26. The van der Waals surface area contributed by atoms with Gasteiger partial charge in [-0.3, -0.25) is 9.48 Å². The lowest BCUT2D eigenvalue weighted by Gasteiger charge is -2.16. The lowest BCUT2D eigenvalue weighted by Crippen LogP contribution is -2.37. The van der Waals surface area contributed by atoms with Gasteiger partial charge in [0.2, 0.25) is 5.76 Å². The van der Waals surface area contributed by atoms with Gasteiger partial charge >= 0.3 is 0 Å². The smallest absolute Gasteiger partial charge is 0.289 e. The van der Waals surface area contributed by atoms with Crippen molar-refractivity contribution in [2.75, 3.05) is 18.0 Å². The number of carbonyl (C=O) groups is 1. The first kappa shape index (κ1) is 13.4. The summed E-state index contributed by atoms with van der Waals surface area (Å²) in [6.45, 7) is 1.72. The Morgan fingerprint density at radius 2 is 2.27 bits per heavy atom. The average molecular weight is 301 g/mol. The number of carbonyl (C=O) groups excluding carboxylic acids is 1. The topological polar surface area (TPSA) is 76.2 Å². The highest BCUT2D eigenvalue weighted by Gasteiger charge is 2.33. The Morgan fingerprint density at radius 3 is 3.00 bits per heavy atom. The number of hydrogen-bond acceptors (Lipinski definition) is 5. The summed E-state index contributed by atoms with van der Waals surface area (Å²) < 4.78 is 7.09. The van der Waals surface area contributed by atoms with E-state index in [2.05, 4.69) is 20.3 Å². The van der Waals surface area contributed by atoms with Crippen LogP contribution in [0.3, 0.4) is 0 Å². The molecule has 4 rings (SSSR count). The molecule has 2 aromatic rings. The highest BCUT2D eigenvalue weighted by Crippen LogP contribution is 2.40. The number of nitrogens with one attached hydrogen (secondary N) is 1. The van der Waals surface area contributed by atoms with Gasteiger partial charge in [-0.15, -0.1) is 0 Å². The summed E-state index contributed by atoms with van der Waals surface area (Å²) in [4.78, 5) is 18.8. The van der Waals surface area contributed by atoms with E-state index in [4.69, 9.17) is 4.42 Å². The molecule has 1 saturated carbocycles. The number of anilines is 1. The maximum atomic E-state index is 12.4.